The lowest BCUT2D eigenvalue weighted by Crippen LogP contribution is -2.45. The molecule has 0 spiro atoms. The summed E-state index contributed by atoms with van der Waals surface area (Å²) < 4.78 is 0. The second kappa shape index (κ2) is 4.94. The minimum atomic E-state index is -0.144. The van der Waals surface area contributed by atoms with Gasteiger partial charge in [-0.25, -0.2) is 4.98 Å². The zero-order valence-electron chi connectivity index (χ0n) is 10.9. The van der Waals surface area contributed by atoms with Crippen molar-refractivity contribution in [2.45, 2.75) is 52.0 Å². The van der Waals surface area contributed by atoms with Crippen LogP contribution in [0, 0.1) is 19.8 Å². The van der Waals surface area contributed by atoms with Gasteiger partial charge in [-0.1, -0.05) is 19.8 Å². The highest BCUT2D eigenvalue weighted by Crippen LogP contribution is 2.36. The van der Waals surface area contributed by atoms with Crippen molar-refractivity contribution in [3.63, 3.8) is 0 Å². The molecule has 0 aliphatic heterocycles. The van der Waals surface area contributed by atoms with Crippen molar-refractivity contribution in [2.24, 2.45) is 5.92 Å². The molecule has 96 valence electrons. The van der Waals surface area contributed by atoms with E-state index in [0.29, 0.717) is 5.92 Å². The number of nitrogens with one attached hydrogen (secondary N) is 1. The SMILES string of the molecule is Cc1nc(NC2(CO)CCCC(C)C2)sc1C. The maximum atomic E-state index is 9.71. The van der Waals surface area contributed by atoms with Crippen molar-refractivity contribution in [2.75, 3.05) is 11.9 Å². The third-order valence-electron chi connectivity index (χ3n) is 3.79. The normalized spacial score (nSPS) is 29.3. The van der Waals surface area contributed by atoms with Crippen LogP contribution in [0.3, 0.4) is 0 Å². The molecular formula is C13H22N2OS. The lowest BCUT2D eigenvalue weighted by atomic mass is 9.77. The van der Waals surface area contributed by atoms with E-state index in [0.717, 1.165) is 23.7 Å². The number of nitrogens with zero attached hydrogens (tertiary/aromatic N) is 1. The summed E-state index contributed by atoms with van der Waals surface area (Å²) in [6.07, 6.45) is 4.56. The predicted molar refractivity (Wildman–Crippen MR) is 72.7 cm³/mol. The van der Waals surface area contributed by atoms with Gasteiger partial charge >= 0.3 is 0 Å². The van der Waals surface area contributed by atoms with E-state index in [9.17, 15) is 5.11 Å². The third-order valence-corrected chi connectivity index (χ3v) is 4.78. The summed E-state index contributed by atoms with van der Waals surface area (Å²) >= 11 is 1.69. The van der Waals surface area contributed by atoms with E-state index in [-0.39, 0.29) is 12.1 Å². The van der Waals surface area contributed by atoms with Crippen LogP contribution in [0.2, 0.25) is 0 Å². The number of aromatic nitrogens is 1. The molecular weight excluding hydrogens is 232 g/mol. The van der Waals surface area contributed by atoms with Crippen molar-refractivity contribution in [1.82, 2.24) is 4.98 Å². The minimum Gasteiger partial charge on any atom is -0.394 e. The summed E-state index contributed by atoms with van der Waals surface area (Å²) in [5.41, 5.74) is 0.948. The van der Waals surface area contributed by atoms with Gasteiger partial charge in [0.1, 0.15) is 0 Å². The molecule has 2 unspecified atom stereocenters. The van der Waals surface area contributed by atoms with Crippen LogP contribution in [0.15, 0.2) is 0 Å². The van der Waals surface area contributed by atoms with E-state index in [4.69, 9.17) is 0 Å². The maximum Gasteiger partial charge on any atom is 0.183 e. The Balaban J connectivity index is 2.13. The molecule has 17 heavy (non-hydrogen) atoms. The molecule has 2 atom stereocenters. The molecule has 4 heteroatoms. The van der Waals surface area contributed by atoms with Gasteiger partial charge in [-0.05, 0) is 32.6 Å². The van der Waals surface area contributed by atoms with Crippen LogP contribution >= 0.6 is 11.3 Å². The smallest absolute Gasteiger partial charge is 0.183 e. The number of hydrogen-bond acceptors (Lipinski definition) is 4. The van der Waals surface area contributed by atoms with Gasteiger partial charge in [0, 0.05) is 4.88 Å². The van der Waals surface area contributed by atoms with E-state index in [1.807, 2.05) is 6.92 Å². The fourth-order valence-corrected chi connectivity index (χ4v) is 3.64. The first-order valence-corrected chi connectivity index (χ1v) is 7.19. The van der Waals surface area contributed by atoms with Crippen molar-refractivity contribution in [3.05, 3.63) is 10.6 Å². The van der Waals surface area contributed by atoms with Gasteiger partial charge in [0.25, 0.3) is 0 Å². The molecule has 0 amide bonds. The van der Waals surface area contributed by atoms with Crippen LogP contribution in [0.1, 0.15) is 43.2 Å². The maximum absolute atomic E-state index is 9.71. The molecule has 0 aromatic carbocycles. The summed E-state index contributed by atoms with van der Waals surface area (Å²) in [5, 5.41) is 14.2. The monoisotopic (exact) mass is 254 g/mol. The molecule has 1 aromatic rings. The quantitative estimate of drug-likeness (QED) is 0.871. The Morgan fingerprint density at radius 3 is 2.82 bits per heavy atom. The molecule has 0 bridgehead atoms. The largest absolute Gasteiger partial charge is 0.394 e. The molecule has 2 N–H and O–H groups in total. The fraction of sp³-hybridized carbons (Fsp3) is 0.769. The Morgan fingerprint density at radius 1 is 1.53 bits per heavy atom. The molecule has 1 heterocycles. The molecule has 1 saturated carbocycles. The summed E-state index contributed by atoms with van der Waals surface area (Å²) in [5.74, 6) is 0.686. The van der Waals surface area contributed by atoms with Gasteiger partial charge in [0.05, 0.1) is 17.8 Å². The standard InChI is InChI=1S/C13H22N2OS/c1-9-5-4-6-13(7-9,8-16)15-12-14-10(2)11(3)17-12/h9,16H,4-8H2,1-3H3,(H,14,15). The van der Waals surface area contributed by atoms with Crippen LogP contribution in [0.25, 0.3) is 0 Å². The molecule has 1 aliphatic carbocycles. The zero-order chi connectivity index (χ0) is 12.5. The average molecular weight is 254 g/mol. The molecule has 1 aromatic heterocycles. The highest BCUT2D eigenvalue weighted by Gasteiger charge is 2.35. The Kier molecular flexibility index (Phi) is 3.73. The highest BCUT2D eigenvalue weighted by atomic mass is 32.1. The minimum absolute atomic E-state index is 0.144. The van der Waals surface area contributed by atoms with Crippen LogP contribution in [0.4, 0.5) is 5.13 Å². The zero-order valence-corrected chi connectivity index (χ0v) is 11.7. The Bertz CT molecular complexity index is 371. The van der Waals surface area contributed by atoms with Crippen LogP contribution in [-0.2, 0) is 0 Å². The Morgan fingerprint density at radius 2 is 2.29 bits per heavy atom. The van der Waals surface area contributed by atoms with E-state index in [1.165, 1.54) is 17.7 Å². The summed E-state index contributed by atoms with van der Waals surface area (Å²) in [6.45, 7) is 6.60. The number of thiazole rings is 1. The van der Waals surface area contributed by atoms with Crippen molar-refractivity contribution < 1.29 is 5.11 Å². The van der Waals surface area contributed by atoms with Crippen molar-refractivity contribution in [3.8, 4) is 0 Å². The second-order valence-electron chi connectivity index (χ2n) is 5.43. The highest BCUT2D eigenvalue weighted by molar-refractivity contribution is 7.15. The molecule has 0 saturated heterocycles. The number of anilines is 1. The Labute approximate surface area is 107 Å². The van der Waals surface area contributed by atoms with Crippen LogP contribution in [0.5, 0.6) is 0 Å². The number of hydrogen-bond donors (Lipinski definition) is 2. The van der Waals surface area contributed by atoms with Crippen molar-refractivity contribution in [1.29, 1.82) is 0 Å². The first-order chi connectivity index (χ1) is 8.04. The van der Waals surface area contributed by atoms with Gasteiger partial charge in [-0.2, -0.15) is 0 Å². The van der Waals surface area contributed by atoms with E-state index < -0.39 is 0 Å². The van der Waals surface area contributed by atoms with Crippen LogP contribution in [-0.4, -0.2) is 22.2 Å². The van der Waals surface area contributed by atoms with Gasteiger partial charge in [0.2, 0.25) is 0 Å². The topological polar surface area (TPSA) is 45.2 Å². The number of rotatable bonds is 3. The second-order valence-corrected chi connectivity index (χ2v) is 6.63. The summed E-state index contributed by atoms with van der Waals surface area (Å²) in [4.78, 5) is 5.77. The van der Waals surface area contributed by atoms with E-state index in [1.54, 1.807) is 11.3 Å². The summed E-state index contributed by atoms with van der Waals surface area (Å²) in [7, 11) is 0. The molecule has 1 aliphatic rings. The lowest BCUT2D eigenvalue weighted by molar-refractivity contribution is 0.149. The number of aryl methyl sites for hydroxylation is 2. The molecule has 0 radical (unpaired) electrons. The summed E-state index contributed by atoms with van der Waals surface area (Å²) in [6, 6.07) is 0. The molecule has 2 rings (SSSR count). The Hall–Kier alpha value is -0.610. The average Bonchev–Trinajstić information content (AvgIpc) is 2.57. The predicted octanol–water partition coefficient (Wildman–Crippen LogP) is 3.11. The van der Waals surface area contributed by atoms with Crippen molar-refractivity contribution >= 4 is 16.5 Å². The van der Waals surface area contributed by atoms with Gasteiger partial charge in [0.15, 0.2) is 5.13 Å². The first kappa shape index (κ1) is 12.8. The van der Waals surface area contributed by atoms with Gasteiger partial charge in [-0.3, -0.25) is 0 Å². The van der Waals surface area contributed by atoms with Gasteiger partial charge in [-0.15, -0.1) is 11.3 Å². The van der Waals surface area contributed by atoms with Crippen LogP contribution < -0.4 is 5.32 Å². The lowest BCUT2D eigenvalue weighted by Gasteiger charge is -2.39. The number of aliphatic hydroxyl groups is 1. The molecule has 3 nitrogen and oxygen atoms in total. The molecule has 1 fully saturated rings. The first-order valence-electron chi connectivity index (χ1n) is 6.38. The third kappa shape index (κ3) is 2.80. The fourth-order valence-electron chi connectivity index (χ4n) is 2.71. The van der Waals surface area contributed by atoms with Gasteiger partial charge < -0.3 is 10.4 Å². The van der Waals surface area contributed by atoms with E-state index in [2.05, 4.69) is 24.1 Å². The van der Waals surface area contributed by atoms with E-state index >= 15 is 0 Å². The number of aliphatic hydroxyl groups excluding tert-OH is 1.